The molecule has 0 fully saturated rings. The Hall–Kier alpha value is -3.64. The second kappa shape index (κ2) is 11.4. The average Bonchev–Trinajstić information content (AvgIpc) is 2.83. The summed E-state index contributed by atoms with van der Waals surface area (Å²) in [6.07, 6.45) is 0. The molecule has 1 heterocycles. The van der Waals surface area contributed by atoms with Gasteiger partial charge in [0.05, 0.1) is 5.56 Å². The smallest absolute Gasteiger partial charge is 0.264 e. The van der Waals surface area contributed by atoms with Crippen LogP contribution in [-0.2, 0) is 10.0 Å². The Bertz CT molecular complexity index is 1350. The number of rotatable bonds is 11. The van der Waals surface area contributed by atoms with Gasteiger partial charge in [-0.05, 0) is 62.5 Å². The van der Waals surface area contributed by atoms with Crippen molar-refractivity contribution in [1.82, 2.24) is 14.9 Å². The van der Waals surface area contributed by atoms with Crippen molar-refractivity contribution in [3.05, 3.63) is 59.7 Å². The van der Waals surface area contributed by atoms with E-state index in [9.17, 15) is 17.2 Å². The van der Waals surface area contributed by atoms with Gasteiger partial charge in [0.15, 0.2) is 5.82 Å². The van der Waals surface area contributed by atoms with E-state index in [1.807, 2.05) is 0 Å². The fraction of sp³-hybridized carbons (Fsp3) is 0.292. The molecule has 3 aromatic rings. The van der Waals surface area contributed by atoms with Gasteiger partial charge in [-0.15, -0.1) is 0 Å². The molecule has 0 radical (unpaired) electrons. The Labute approximate surface area is 209 Å². The van der Waals surface area contributed by atoms with Gasteiger partial charge in [-0.2, -0.15) is 0 Å². The average molecular weight is 518 g/mol. The molecule has 1 aromatic heterocycles. The molecule has 0 unspecified atom stereocenters. The molecule has 192 valence electrons. The fourth-order valence-electron chi connectivity index (χ4n) is 3.56. The predicted octanol–water partition coefficient (Wildman–Crippen LogP) is 3.95. The van der Waals surface area contributed by atoms with E-state index in [0.29, 0.717) is 29.6 Å². The van der Waals surface area contributed by atoms with E-state index in [0.717, 1.165) is 31.8 Å². The van der Waals surface area contributed by atoms with Crippen molar-refractivity contribution in [3.8, 4) is 11.4 Å². The normalized spacial score (nSPS) is 11.5. The van der Waals surface area contributed by atoms with Crippen molar-refractivity contribution in [2.75, 3.05) is 42.0 Å². The maximum absolute atomic E-state index is 14.0. The molecule has 3 rings (SSSR count). The van der Waals surface area contributed by atoms with Crippen LogP contribution in [0.4, 0.5) is 26.1 Å². The first-order valence-electron chi connectivity index (χ1n) is 11.3. The summed E-state index contributed by atoms with van der Waals surface area (Å²) in [5.74, 6) is -1.07. The fourth-order valence-corrected chi connectivity index (χ4v) is 4.71. The van der Waals surface area contributed by atoms with Gasteiger partial charge in [0, 0.05) is 30.1 Å². The van der Waals surface area contributed by atoms with Crippen LogP contribution in [0.2, 0.25) is 0 Å². The lowest BCUT2D eigenvalue weighted by Crippen LogP contribution is -2.29. The van der Waals surface area contributed by atoms with Crippen molar-refractivity contribution in [2.24, 2.45) is 0 Å². The van der Waals surface area contributed by atoms with E-state index in [1.54, 1.807) is 19.1 Å². The number of nitrogens with zero attached hydrogens (tertiary/aromatic N) is 3. The van der Waals surface area contributed by atoms with E-state index >= 15 is 0 Å². The zero-order valence-electron chi connectivity index (χ0n) is 20.3. The molecular weight excluding hydrogens is 488 g/mol. The maximum Gasteiger partial charge on any atom is 0.264 e. The highest BCUT2D eigenvalue weighted by Crippen LogP contribution is 2.26. The molecule has 0 bridgehead atoms. The number of likely N-dealkylation sites (N-methyl/N-ethyl adjacent to an activating group) is 1. The minimum Gasteiger partial charge on any atom is -0.383 e. The molecule has 0 saturated carbocycles. The topological polar surface area (TPSA) is 137 Å². The maximum atomic E-state index is 14.0. The molecule has 36 heavy (non-hydrogen) atoms. The van der Waals surface area contributed by atoms with E-state index in [1.165, 1.54) is 12.1 Å². The van der Waals surface area contributed by atoms with Crippen LogP contribution in [0.15, 0.2) is 47.4 Å². The van der Waals surface area contributed by atoms with Crippen LogP contribution in [0.5, 0.6) is 0 Å². The van der Waals surface area contributed by atoms with E-state index in [4.69, 9.17) is 11.1 Å². The molecule has 2 aromatic carbocycles. The highest BCUT2D eigenvalue weighted by molar-refractivity contribution is 7.92. The Balaban J connectivity index is 1.85. The van der Waals surface area contributed by atoms with Crippen molar-refractivity contribution in [3.63, 3.8) is 0 Å². The zero-order valence-corrected chi connectivity index (χ0v) is 21.1. The van der Waals surface area contributed by atoms with Gasteiger partial charge in [-0.25, -0.2) is 27.2 Å². The molecule has 0 aliphatic heterocycles. The van der Waals surface area contributed by atoms with Gasteiger partial charge < -0.3 is 21.4 Å². The number of nitrogens with one attached hydrogen (secondary N) is 3. The van der Waals surface area contributed by atoms with Crippen LogP contribution >= 0.6 is 0 Å². The SMILES string of the molecule is CCN(CC)CCNc1nc(-c2ccc(NS(=O)(=O)c3cc(F)ccc3F)cc2)nc(N)c1C(C)=N. The van der Waals surface area contributed by atoms with Crippen LogP contribution in [0.1, 0.15) is 26.3 Å². The molecule has 0 aliphatic carbocycles. The van der Waals surface area contributed by atoms with Crippen molar-refractivity contribution in [1.29, 1.82) is 5.41 Å². The summed E-state index contributed by atoms with van der Waals surface area (Å²) >= 11 is 0. The van der Waals surface area contributed by atoms with Crippen molar-refractivity contribution in [2.45, 2.75) is 25.7 Å². The summed E-state index contributed by atoms with van der Waals surface area (Å²) < 4.78 is 54.7. The third-order valence-corrected chi connectivity index (χ3v) is 6.90. The van der Waals surface area contributed by atoms with Crippen molar-refractivity contribution >= 4 is 33.1 Å². The van der Waals surface area contributed by atoms with Gasteiger partial charge in [-0.3, -0.25) is 4.72 Å². The monoisotopic (exact) mass is 517 g/mol. The number of hydrogen-bond acceptors (Lipinski definition) is 8. The largest absolute Gasteiger partial charge is 0.383 e. The Morgan fingerprint density at radius 2 is 1.75 bits per heavy atom. The van der Waals surface area contributed by atoms with Crippen LogP contribution in [0, 0.1) is 17.0 Å². The van der Waals surface area contributed by atoms with Crippen LogP contribution in [0.3, 0.4) is 0 Å². The van der Waals surface area contributed by atoms with Crippen LogP contribution < -0.4 is 15.8 Å². The van der Waals surface area contributed by atoms with E-state index in [-0.39, 0.29) is 23.0 Å². The summed E-state index contributed by atoms with van der Waals surface area (Å²) in [6, 6.07) is 8.26. The number of benzene rings is 2. The minimum absolute atomic E-state index is 0.139. The zero-order chi connectivity index (χ0) is 26.5. The lowest BCUT2D eigenvalue weighted by atomic mass is 10.1. The number of nitrogen functional groups attached to an aromatic ring is 1. The molecular formula is C24H29F2N7O2S. The molecule has 12 heteroatoms. The van der Waals surface area contributed by atoms with Crippen LogP contribution in [0.25, 0.3) is 11.4 Å². The number of sulfonamides is 1. The number of aromatic nitrogens is 2. The molecule has 0 spiro atoms. The number of anilines is 3. The Morgan fingerprint density at radius 3 is 2.36 bits per heavy atom. The highest BCUT2D eigenvalue weighted by atomic mass is 32.2. The number of nitrogens with two attached hydrogens (primary N) is 1. The van der Waals surface area contributed by atoms with Gasteiger partial charge in [-0.1, -0.05) is 13.8 Å². The molecule has 0 amide bonds. The number of halogens is 2. The third kappa shape index (κ3) is 6.32. The first-order chi connectivity index (χ1) is 17.1. The minimum atomic E-state index is -4.35. The quantitative estimate of drug-likeness (QED) is 0.283. The molecule has 9 nitrogen and oxygen atoms in total. The predicted molar refractivity (Wildman–Crippen MR) is 138 cm³/mol. The first-order valence-corrected chi connectivity index (χ1v) is 12.8. The highest BCUT2D eigenvalue weighted by Gasteiger charge is 2.21. The van der Waals surface area contributed by atoms with E-state index in [2.05, 4.69) is 38.8 Å². The second-order valence-corrected chi connectivity index (χ2v) is 9.64. The standard InChI is InChI=1S/C24H29F2N7O2S/c1-4-33(5-2)13-12-29-24-21(15(3)27)22(28)30-23(31-24)16-6-9-18(10-7-16)32-36(34,35)20-14-17(25)8-11-19(20)26/h6-11,14,27,32H,4-5,12-13H2,1-3H3,(H3,28,29,30,31). The van der Waals surface area contributed by atoms with Crippen molar-refractivity contribution < 1.29 is 17.2 Å². The summed E-state index contributed by atoms with van der Waals surface area (Å²) in [7, 11) is -4.35. The van der Waals surface area contributed by atoms with Gasteiger partial charge in [0.25, 0.3) is 10.0 Å². The Morgan fingerprint density at radius 1 is 1.08 bits per heavy atom. The summed E-state index contributed by atoms with van der Waals surface area (Å²) in [4.78, 5) is 10.3. The number of hydrogen-bond donors (Lipinski definition) is 4. The lowest BCUT2D eigenvalue weighted by molar-refractivity contribution is 0.316. The lowest BCUT2D eigenvalue weighted by Gasteiger charge is -2.19. The molecule has 0 atom stereocenters. The van der Waals surface area contributed by atoms with Gasteiger partial charge in [0.2, 0.25) is 0 Å². The second-order valence-electron chi connectivity index (χ2n) is 7.99. The summed E-state index contributed by atoms with van der Waals surface area (Å²) in [5, 5.41) is 11.3. The van der Waals surface area contributed by atoms with Gasteiger partial charge >= 0.3 is 0 Å². The summed E-state index contributed by atoms with van der Waals surface area (Å²) in [5.41, 5.74) is 7.47. The third-order valence-electron chi connectivity index (χ3n) is 5.50. The molecule has 0 aliphatic rings. The van der Waals surface area contributed by atoms with Crippen LogP contribution in [-0.4, -0.2) is 55.2 Å². The molecule has 5 N–H and O–H groups in total. The summed E-state index contributed by atoms with van der Waals surface area (Å²) in [6.45, 7) is 8.96. The van der Waals surface area contributed by atoms with Gasteiger partial charge in [0.1, 0.15) is 28.2 Å². The van der Waals surface area contributed by atoms with E-state index < -0.39 is 26.6 Å². The first kappa shape index (κ1) is 27.0. The Kier molecular flexibility index (Phi) is 8.53. The molecule has 0 saturated heterocycles.